The van der Waals surface area contributed by atoms with Crippen LogP contribution in [0.3, 0.4) is 0 Å². The number of ether oxygens (including phenoxy) is 1. The molecular weight excluding hydrogens is 308 g/mol. The first-order valence-electron chi connectivity index (χ1n) is 9.12. The molecule has 2 heteroatoms. The third kappa shape index (κ3) is 4.33. The van der Waals surface area contributed by atoms with Crippen molar-refractivity contribution in [3.63, 3.8) is 0 Å². The molecule has 0 N–H and O–H groups in total. The molecule has 0 fully saturated rings. The van der Waals surface area contributed by atoms with E-state index in [9.17, 15) is 0 Å². The lowest BCUT2D eigenvalue weighted by atomic mass is 9.98. The highest BCUT2D eigenvalue weighted by molar-refractivity contribution is 5.72. The van der Waals surface area contributed by atoms with Crippen LogP contribution in [0.4, 0.5) is 0 Å². The van der Waals surface area contributed by atoms with Crippen molar-refractivity contribution in [1.82, 2.24) is 0 Å². The monoisotopic (exact) mass is 334 g/mol. The zero-order chi connectivity index (χ0) is 17.5. The molecule has 0 atom stereocenters. The minimum absolute atomic E-state index is 0.656. The largest absolute Gasteiger partial charge is 0.492 e. The fraction of sp³-hybridized carbons (Fsp3) is 0.304. The molecule has 0 aliphatic carbocycles. The predicted molar refractivity (Wildman–Crippen MR) is 103 cm³/mol. The number of hydrogen-bond acceptors (Lipinski definition) is 2. The smallest absolute Gasteiger partial charge is 0.130 e. The highest BCUT2D eigenvalue weighted by Crippen LogP contribution is 2.34. The van der Waals surface area contributed by atoms with Crippen LogP contribution in [-0.4, -0.2) is 6.61 Å². The van der Waals surface area contributed by atoms with Crippen LogP contribution in [0.15, 0.2) is 65.3 Å². The summed E-state index contributed by atoms with van der Waals surface area (Å²) in [4.78, 5) is 0. The van der Waals surface area contributed by atoms with E-state index in [0.29, 0.717) is 6.61 Å². The normalized spacial score (nSPS) is 10.8. The molecule has 0 aliphatic rings. The maximum Gasteiger partial charge on any atom is 0.130 e. The first-order valence-corrected chi connectivity index (χ1v) is 9.12. The van der Waals surface area contributed by atoms with E-state index in [1.54, 1.807) is 6.26 Å². The number of unbranched alkanes of at least 4 members (excludes halogenated alkanes) is 1. The Morgan fingerprint density at radius 2 is 1.72 bits per heavy atom. The predicted octanol–water partition coefficient (Wildman–Crippen LogP) is 6.22. The van der Waals surface area contributed by atoms with Crippen LogP contribution < -0.4 is 4.74 Å². The molecule has 0 spiro atoms. The summed E-state index contributed by atoms with van der Waals surface area (Å²) in [6, 6.07) is 19.0. The number of aryl methyl sites for hydroxylation is 2. The van der Waals surface area contributed by atoms with Gasteiger partial charge in [-0.2, -0.15) is 0 Å². The van der Waals surface area contributed by atoms with Gasteiger partial charge in [-0.3, -0.25) is 0 Å². The van der Waals surface area contributed by atoms with Gasteiger partial charge >= 0.3 is 0 Å². The molecule has 0 saturated carbocycles. The summed E-state index contributed by atoms with van der Waals surface area (Å²) in [5, 5.41) is 0. The van der Waals surface area contributed by atoms with Crippen molar-refractivity contribution in [2.75, 3.05) is 6.61 Å². The Labute approximate surface area is 150 Å². The van der Waals surface area contributed by atoms with Gasteiger partial charge in [0.15, 0.2) is 0 Å². The lowest BCUT2D eigenvalue weighted by molar-refractivity contribution is 0.318. The molecule has 25 heavy (non-hydrogen) atoms. The summed E-state index contributed by atoms with van der Waals surface area (Å²) >= 11 is 0. The van der Waals surface area contributed by atoms with Gasteiger partial charge in [0, 0.05) is 12.0 Å². The summed E-state index contributed by atoms with van der Waals surface area (Å²) < 4.78 is 11.7. The van der Waals surface area contributed by atoms with Crippen LogP contribution in [-0.2, 0) is 12.8 Å². The van der Waals surface area contributed by atoms with Crippen molar-refractivity contribution < 1.29 is 9.15 Å². The third-order valence-electron chi connectivity index (χ3n) is 4.57. The Morgan fingerprint density at radius 3 is 2.44 bits per heavy atom. The number of benzene rings is 2. The van der Waals surface area contributed by atoms with Crippen molar-refractivity contribution in [2.45, 2.75) is 39.5 Å². The van der Waals surface area contributed by atoms with Gasteiger partial charge in [-0.05, 0) is 42.5 Å². The van der Waals surface area contributed by atoms with Crippen molar-refractivity contribution in [3.8, 4) is 16.9 Å². The maximum absolute atomic E-state index is 6.31. The van der Waals surface area contributed by atoms with E-state index in [4.69, 9.17) is 9.15 Å². The van der Waals surface area contributed by atoms with E-state index in [1.165, 1.54) is 35.1 Å². The number of para-hydroxylation sites is 1. The summed E-state index contributed by atoms with van der Waals surface area (Å²) in [5.41, 5.74) is 4.90. The second kappa shape index (κ2) is 8.57. The maximum atomic E-state index is 6.31. The molecule has 0 amide bonds. The second-order valence-corrected chi connectivity index (χ2v) is 6.36. The van der Waals surface area contributed by atoms with Gasteiger partial charge in [0.25, 0.3) is 0 Å². The zero-order valence-electron chi connectivity index (χ0n) is 15.1. The van der Waals surface area contributed by atoms with Crippen LogP contribution in [0.25, 0.3) is 11.1 Å². The lowest BCUT2D eigenvalue weighted by Gasteiger charge is -2.16. The van der Waals surface area contributed by atoms with Crippen molar-refractivity contribution in [3.05, 3.63) is 77.7 Å². The minimum atomic E-state index is 0.656. The van der Waals surface area contributed by atoms with Crippen molar-refractivity contribution in [2.24, 2.45) is 0 Å². The average Bonchev–Trinajstić information content (AvgIpc) is 3.06. The van der Waals surface area contributed by atoms with E-state index >= 15 is 0 Å². The number of furan rings is 1. The minimum Gasteiger partial charge on any atom is -0.492 e. The van der Waals surface area contributed by atoms with Crippen LogP contribution in [0.1, 0.15) is 36.7 Å². The number of rotatable bonds is 8. The summed E-state index contributed by atoms with van der Waals surface area (Å²) in [6.45, 7) is 4.88. The first kappa shape index (κ1) is 17.3. The van der Waals surface area contributed by atoms with Gasteiger partial charge < -0.3 is 9.15 Å². The molecule has 3 rings (SSSR count). The summed E-state index contributed by atoms with van der Waals surface area (Å²) in [5.74, 6) is 2.01. The van der Waals surface area contributed by atoms with E-state index in [-0.39, 0.29) is 0 Å². The summed E-state index contributed by atoms with van der Waals surface area (Å²) in [6.07, 6.45) is 6.02. The number of hydrogen-bond donors (Lipinski definition) is 0. The topological polar surface area (TPSA) is 22.4 Å². The van der Waals surface area contributed by atoms with Gasteiger partial charge in [0.2, 0.25) is 0 Å². The van der Waals surface area contributed by atoms with Gasteiger partial charge in [-0.1, -0.05) is 61.9 Å². The van der Waals surface area contributed by atoms with Crippen LogP contribution in [0.2, 0.25) is 0 Å². The highest BCUT2D eigenvalue weighted by atomic mass is 16.5. The Morgan fingerprint density at radius 1 is 0.880 bits per heavy atom. The van der Waals surface area contributed by atoms with E-state index in [2.05, 4.69) is 49.4 Å². The van der Waals surface area contributed by atoms with Gasteiger partial charge in [-0.15, -0.1) is 0 Å². The van der Waals surface area contributed by atoms with E-state index in [0.717, 1.165) is 24.4 Å². The molecule has 1 heterocycles. The zero-order valence-corrected chi connectivity index (χ0v) is 15.1. The quantitative estimate of drug-likeness (QED) is 0.488. The molecule has 3 aromatic rings. The molecule has 130 valence electrons. The molecular formula is C23H26O2. The van der Waals surface area contributed by atoms with Gasteiger partial charge in [-0.25, -0.2) is 0 Å². The third-order valence-corrected chi connectivity index (χ3v) is 4.57. The van der Waals surface area contributed by atoms with Crippen LogP contribution in [0, 0.1) is 6.92 Å². The van der Waals surface area contributed by atoms with E-state index in [1.807, 2.05) is 19.1 Å². The van der Waals surface area contributed by atoms with Crippen molar-refractivity contribution in [1.29, 1.82) is 0 Å². The summed E-state index contributed by atoms with van der Waals surface area (Å²) in [7, 11) is 0. The van der Waals surface area contributed by atoms with Crippen LogP contribution >= 0.6 is 0 Å². The molecule has 2 aromatic carbocycles. The first-order chi connectivity index (χ1) is 12.3. The fourth-order valence-electron chi connectivity index (χ4n) is 3.10. The van der Waals surface area contributed by atoms with Gasteiger partial charge in [0.05, 0.1) is 12.9 Å². The van der Waals surface area contributed by atoms with Gasteiger partial charge in [0.1, 0.15) is 11.5 Å². The second-order valence-electron chi connectivity index (χ2n) is 6.36. The Balaban J connectivity index is 1.84. The lowest BCUT2D eigenvalue weighted by Crippen LogP contribution is -2.05. The molecule has 2 nitrogen and oxygen atoms in total. The average molecular weight is 334 g/mol. The van der Waals surface area contributed by atoms with Crippen LogP contribution in [0.5, 0.6) is 5.75 Å². The molecule has 0 radical (unpaired) electrons. The molecule has 1 aromatic heterocycles. The Hall–Kier alpha value is -2.48. The molecule has 0 saturated heterocycles. The van der Waals surface area contributed by atoms with Crippen molar-refractivity contribution >= 4 is 0 Å². The Bertz CT molecular complexity index is 787. The fourth-order valence-corrected chi connectivity index (χ4v) is 3.10. The SMILES string of the molecule is CCCCc1cccc(-c2ccccc2)c1OCCc1ccoc1C. The van der Waals surface area contributed by atoms with E-state index < -0.39 is 0 Å². The Kier molecular flexibility index (Phi) is 5.95. The molecule has 0 unspecified atom stereocenters. The highest BCUT2D eigenvalue weighted by Gasteiger charge is 2.12. The standard InChI is InChI=1S/C23H26O2/c1-3-4-9-21-12-8-13-22(20-10-6-5-7-11-20)23(21)25-17-15-19-14-16-24-18(19)2/h5-8,10-14,16H,3-4,9,15,17H2,1-2H3. The molecule has 0 bridgehead atoms. The molecule has 0 aliphatic heterocycles.